The molecule has 0 N–H and O–H groups in total. The maximum atomic E-state index is 12.7. The number of unbranched alkanes of at least 4 members (excludes halogenated alkanes) is 2. The third kappa shape index (κ3) is 6.25. The summed E-state index contributed by atoms with van der Waals surface area (Å²) in [6.07, 6.45) is 6.47. The molecule has 4 nitrogen and oxygen atoms in total. The first kappa shape index (κ1) is 22.2. The van der Waals surface area contributed by atoms with Crippen LogP contribution in [0.2, 0.25) is 0 Å². The summed E-state index contributed by atoms with van der Waals surface area (Å²) < 4.78 is 5.86. The van der Waals surface area contributed by atoms with Crippen LogP contribution in [0.4, 0.5) is 10.5 Å². The zero-order chi connectivity index (χ0) is 21.2. The lowest BCUT2D eigenvalue weighted by Gasteiger charge is -2.36. The van der Waals surface area contributed by atoms with E-state index in [9.17, 15) is 4.79 Å². The van der Waals surface area contributed by atoms with Crippen molar-refractivity contribution in [1.29, 1.82) is 0 Å². The van der Waals surface area contributed by atoms with Gasteiger partial charge in [0.15, 0.2) is 0 Å². The standard InChI is InChI=1S/C26H36N2O2/c1-3-5-7-16-25(11-4-2)30-26(29)28-19-17-27(18-20-28)24-15-10-14-23(21-24)22-12-8-6-9-13-22/h6,8-10,12-15,21,25H,3-5,7,11,16-20H2,1-2H3. The molecule has 1 aliphatic heterocycles. The molecule has 1 saturated heterocycles. The number of hydrogen-bond acceptors (Lipinski definition) is 3. The highest BCUT2D eigenvalue weighted by molar-refractivity contribution is 5.70. The van der Waals surface area contributed by atoms with Crippen LogP contribution in [0.3, 0.4) is 0 Å². The van der Waals surface area contributed by atoms with Crippen molar-refractivity contribution in [3.8, 4) is 11.1 Å². The van der Waals surface area contributed by atoms with Crippen LogP contribution in [0.15, 0.2) is 54.6 Å². The van der Waals surface area contributed by atoms with Crippen LogP contribution < -0.4 is 4.90 Å². The van der Waals surface area contributed by atoms with Gasteiger partial charge in [-0.15, -0.1) is 0 Å². The van der Waals surface area contributed by atoms with Crippen LogP contribution in [-0.4, -0.2) is 43.3 Å². The normalized spacial score (nSPS) is 15.1. The zero-order valence-corrected chi connectivity index (χ0v) is 18.6. The molecule has 0 aromatic heterocycles. The molecule has 2 aromatic rings. The Labute approximate surface area is 181 Å². The molecule has 1 fully saturated rings. The number of carbonyl (C=O) groups excluding carboxylic acids is 1. The van der Waals surface area contributed by atoms with E-state index in [0.29, 0.717) is 13.1 Å². The van der Waals surface area contributed by atoms with Crippen LogP contribution in [-0.2, 0) is 4.74 Å². The average molecular weight is 409 g/mol. The monoisotopic (exact) mass is 408 g/mol. The first-order valence-electron chi connectivity index (χ1n) is 11.6. The fraction of sp³-hybridized carbons (Fsp3) is 0.500. The molecule has 0 bridgehead atoms. The molecule has 30 heavy (non-hydrogen) atoms. The maximum Gasteiger partial charge on any atom is 0.410 e. The van der Waals surface area contributed by atoms with Crippen molar-refractivity contribution in [3.63, 3.8) is 0 Å². The fourth-order valence-corrected chi connectivity index (χ4v) is 4.08. The van der Waals surface area contributed by atoms with Gasteiger partial charge < -0.3 is 14.5 Å². The summed E-state index contributed by atoms with van der Waals surface area (Å²) >= 11 is 0. The van der Waals surface area contributed by atoms with Gasteiger partial charge in [-0.1, -0.05) is 75.6 Å². The minimum Gasteiger partial charge on any atom is -0.446 e. The molecular formula is C26H36N2O2. The number of anilines is 1. The van der Waals surface area contributed by atoms with Gasteiger partial charge >= 0.3 is 6.09 Å². The lowest BCUT2D eigenvalue weighted by molar-refractivity contribution is 0.0522. The zero-order valence-electron chi connectivity index (χ0n) is 18.6. The largest absolute Gasteiger partial charge is 0.446 e. The molecule has 0 radical (unpaired) electrons. The third-order valence-corrected chi connectivity index (χ3v) is 5.86. The predicted molar refractivity (Wildman–Crippen MR) is 125 cm³/mol. The summed E-state index contributed by atoms with van der Waals surface area (Å²) in [5.41, 5.74) is 3.67. The second-order valence-electron chi connectivity index (χ2n) is 8.18. The van der Waals surface area contributed by atoms with E-state index in [1.54, 1.807) is 0 Å². The number of benzene rings is 2. The minimum absolute atomic E-state index is 0.0645. The Balaban J connectivity index is 1.53. The molecule has 0 spiro atoms. The van der Waals surface area contributed by atoms with Gasteiger partial charge in [0.1, 0.15) is 6.10 Å². The smallest absolute Gasteiger partial charge is 0.410 e. The Morgan fingerprint density at radius 3 is 2.30 bits per heavy atom. The second kappa shape index (κ2) is 11.6. The Hall–Kier alpha value is -2.49. The predicted octanol–water partition coefficient (Wildman–Crippen LogP) is 6.36. The van der Waals surface area contributed by atoms with Crippen molar-refractivity contribution in [2.45, 2.75) is 58.5 Å². The molecule has 1 atom stereocenters. The highest BCUT2D eigenvalue weighted by Crippen LogP contribution is 2.25. The molecule has 0 aliphatic carbocycles. The van der Waals surface area contributed by atoms with Crippen molar-refractivity contribution in [2.24, 2.45) is 0 Å². The van der Waals surface area contributed by atoms with Gasteiger partial charge in [-0.25, -0.2) is 4.79 Å². The number of ether oxygens (including phenoxy) is 1. The van der Waals surface area contributed by atoms with Crippen molar-refractivity contribution >= 4 is 11.8 Å². The molecule has 1 amide bonds. The van der Waals surface area contributed by atoms with Crippen LogP contribution in [0, 0.1) is 0 Å². The highest BCUT2D eigenvalue weighted by Gasteiger charge is 2.24. The number of hydrogen-bond donors (Lipinski definition) is 0. The number of rotatable bonds is 9. The molecule has 1 heterocycles. The summed E-state index contributed by atoms with van der Waals surface area (Å²) in [7, 11) is 0. The van der Waals surface area contributed by atoms with E-state index in [2.05, 4.69) is 67.3 Å². The molecule has 1 unspecified atom stereocenters. The van der Waals surface area contributed by atoms with Gasteiger partial charge in [-0.2, -0.15) is 0 Å². The van der Waals surface area contributed by atoms with E-state index in [1.165, 1.54) is 29.7 Å². The van der Waals surface area contributed by atoms with E-state index < -0.39 is 0 Å². The van der Waals surface area contributed by atoms with E-state index in [4.69, 9.17) is 4.74 Å². The molecule has 0 saturated carbocycles. The average Bonchev–Trinajstić information content (AvgIpc) is 2.80. The van der Waals surface area contributed by atoms with Gasteiger partial charge in [-0.05, 0) is 42.5 Å². The summed E-state index contributed by atoms with van der Waals surface area (Å²) in [5.74, 6) is 0. The lowest BCUT2D eigenvalue weighted by atomic mass is 10.0. The summed E-state index contributed by atoms with van der Waals surface area (Å²) in [6, 6.07) is 19.1. The lowest BCUT2D eigenvalue weighted by Crippen LogP contribution is -2.49. The summed E-state index contributed by atoms with van der Waals surface area (Å²) in [4.78, 5) is 16.9. The SMILES string of the molecule is CCCCCC(CCC)OC(=O)N1CCN(c2cccc(-c3ccccc3)c2)CC1. The summed E-state index contributed by atoms with van der Waals surface area (Å²) in [6.45, 7) is 7.45. The molecule has 2 aromatic carbocycles. The number of amides is 1. The first-order chi connectivity index (χ1) is 14.7. The van der Waals surface area contributed by atoms with Crippen molar-refractivity contribution < 1.29 is 9.53 Å². The molecular weight excluding hydrogens is 372 g/mol. The Morgan fingerprint density at radius 1 is 0.867 bits per heavy atom. The first-order valence-corrected chi connectivity index (χ1v) is 11.6. The topological polar surface area (TPSA) is 32.8 Å². The molecule has 1 aliphatic rings. The van der Waals surface area contributed by atoms with Gasteiger partial charge in [0.25, 0.3) is 0 Å². The van der Waals surface area contributed by atoms with Crippen LogP contribution in [0.25, 0.3) is 11.1 Å². The molecule has 4 heteroatoms. The van der Waals surface area contributed by atoms with Crippen LogP contribution in [0.5, 0.6) is 0 Å². The minimum atomic E-state index is -0.136. The van der Waals surface area contributed by atoms with Gasteiger partial charge in [0, 0.05) is 31.9 Å². The molecule has 3 rings (SSSR count). The van der Waals surface area contributed by atoms with Gasteiger partial charge in [-0.3, -0.25) is 0 Å². The third-order valence-electron chi connectivity index (χ3n) is 5.86. The van der Waals surface area contributed by atoms with Gasteiger partial charge in [0.2, 0.25) is 0 Å². The van der Waals surface area contributed by atoms with Crippen LogP contribution >= 0.6 is 0 Å². The van der Waals surface area contributed by atoms with E-state index in [0.717, 1.165) is 38.8 Å². The van der Waals surface area contributed by atoms with E-state index in [-0.39, 0.29) is 12.2 Å². The quantitative estimate of drug-likeness (QED) is 0.453. The maximum absolute atomic E-state index is 12.7. The Morgan fingerprint density at radius 2 is 1.60 bits per heavy atom. The van der Waals surface area contributed by atoms with Crippen LogP contribution in [0.1, 0.15) is 52.4 Å². The van der Waals surface area contributed by atoms with Crippen molar-refractivity contribution in [1.82, 2.24) is 4.90 Å². The van der Waals surface area contributed by atoms with Gasteiger partial charge in [0.05, 0.1) is 0 Å². The number of carbonyl (C=O) groups is 1. The molecule has 162 valence electrons. The number of nitrogens with zero attached hydrogens (tertiary/aromatic N) is 2. The van der Waals surface area contributed by atoms with E-state index in [1.807, 2.05) is 11.0 Å². The van der Waals surface area contributed by atoms with Crippen molar-refractivity contribution in [3.05, 3.63) is 54.6 Å². The van der Waals surface area contributed by atoms with Crippen molar-refractivity contribution in [2.75, 3.05) is 31.1 Å². The Kier molecular flexibility index (Phi) is 8.61. The second-order valence-corrected chi connectivity index (χ2v) is 8.18. The fourth-order valence-electron chi connectivity index (χ4n) is 4.08. The number of piperazine rings is 1. The Bertz CT molecular complexity index is 770. The summed E-state index contributed by atoms with van der Waals surface area (Å²) in [5, 5.41) is 0. The highest BCUT2D eigenvalue weighted by atomic mass is 16.6. The van der Waals surface area contributed by atoms with E-state index >= 15 is 0 Å².